The molecule has 40 heavy (non-hydrogen) atoms. The van der Waals surface area contributed by atoms with E-state index < -0.39 is 5.54 Å². The summed E-state index contributed by atoms with van der Waals surface area (Å²) in [4.78, 5) is 20.6. The molecule has 3 aromatic heterocycles. The van der Waals surface area contributed by atoms with Gasteiger partial charge in [-0.25, -0.2) is 4.98 Å². The maximum absolute atomic E-state index is 14.0. The Morgan fingerprint density at radius 3 is 2.67 bits per heavy atom. The maximum atomic E-state index is 14.0. The zero-order valence-electron chi connectivity index (χ0n) is 22.7. The molecule has 2 aromatic carbocycles. The fourth-order valence-electron chi connectivity index (χ4n) is 5.24. The van der Waals surface area contributed by atoms with Gasteiger partial charge in [0.05, 0.1) is 17.8 Å². The van der Waals surface area contributed by atoms with Crippen molar-refractivity contribution < 1.29 is 9.21 Å². The number of aromatic nitrogens is 5. The molecular weight excluding hydrogens is 522 g/mol. The van der Waals surface area contributed by atoms with E-state index in [4.69, 9.17) is 10.2 Å². The van der Waals surface area contributed by atoms with Gasteiger partial charge in [0.2, 0.25) is 11.8 Å². The number of amides is 1. The van der Waals surface area contributed by atoms with Crippen LogP contribution in [-0.4, -0.2) is 42.3 Å². The van der Waals surface area contributed by atoms with Crippen molar-refractivity contribution in [3.05, 3.63) is 94.0 Å². The first kappa shape index (κ1) is 26.1. The van der Waals surface area contributed by atoms with Crippen LogP contribution in [0.15, 0.2) is 70.7 Å². The number of hydrogen-bond acceptors (Lipinski definition) is 8. The van der Waals surface area contributed by atoms with Gasteiger partial charge in [-0.05, 0) is 62.4 Å². The lowest BCUT2D eigenvalue weighted by Gasteiger charge is -2.23. The van der Waals surface area contributed by atoms with Crippen LogP contribution in [0.25, 0.3) is 22.6 Å². The number of benzene rings is 2. The Morgan fingerprint density at radius 2 is 1.95 bits per heavy atom. The first-order chi connectivity index (χ1) is 19.3. The molecule has 9 nitrogen and oxygen atoms in total. The predicted octanol–water partition coefficient (Wildman–Crippen LogP) is 5.30. The van der Waals surface area contributed by atoms with Crippen molar-refractivity contribution in [3.8, 4) is 22.6 Å². The molecule has 2 N–H and O–H groups in total. The summed E-state index contributed by atoms with van der Waals surface area (Å²) in [7, 11) is 1.86. The third-order valence-electron chi connectivity index (χ3n) is 7.23. The number of nitrogens with two attached hydrogens (primary N) is 1. The van der Waals surface area contributed by atoms with Gasteiger partial charge in [0.15, 0.2) is 0 Å². The monoisotopic (exact) mass is 553 g/mol. The van der Waals surface area contributed by atoms with E-state index in [-0.39, 0.29) is 11.9 Å². The molecule has 2 atom stereocenters. The summed E-state index contributed by atoms with van der Waals surface area (Å²) in [6.45, 7) is 4.55. The van der Waals surface area contributed by atoms with Gasteiger partial charge >= 0.3 is 0 Å². The normalized spacial score (nSPS) is 16.8. The van der Waals surface area contributed by atoms with Crippen LogP contribution in [0.4, 0.5) is 0 Å². The number of carbonyl (C=O) groups is 1. The molecule has 6 rings (SSSR count). The summed E-state index contributed by atoms with van der Waals surface area (Å²) >= 11 is 1.61. The van der Waals surface area contributed by atoms with Crippen molar-refractivity contribution in [1.29, 1.82) is 0 Å². The SMILES string of the molecule is Cc1csc([C@H]2CCCN2C(=O)c2cc(-c3cnn(C)c3)cc(-c3nnc([C@@](C)(N)Cc4ccccc4)o3)c2)n1. The fourth-order valence-corrected chi connectivity index (χ4v) is 6.18. The number of likely N-dealkylation sites (tertiary alicyclic amines) is 1. The van der Waals surface area contributed by atoms with Crippen LogP contribution in [-0.2, 0) is 19.0 Å². The standard InChI is InChI=1S/C30H31N7O2S/c1-19-18-40-27(33-19)25-10-7-11-37(25)28(38)23-13-21(24-16-32-36(3)17-24)12-22(14-23)26-34-35-29(39-26)30(2,31)15-20-8-5-4-6-9-20/h4-6,8-9,12-14,16-18,25H,7,10-11,15,31H2,1-3H3/t25-,30+/m1/s1. The molecule has 10 heteroatoms. The number of nitrogens with zero attached hydrogens (tertiary/aromatic N) is 6. The Morgan fingerprint density at radius 1 is 1.15 bits per heavy atom. The van der Waals surface area contributed by atoms with E-state index in [0.717, 1.165) is 40.2 Å². The number of thiazole rings is 1. The first-order valence-electron chi connectivity index (χ1n) is 13.3. The van der Waals surface area contributed by atoms with Crippen LogP contribution in [0.2, 0.25) is 0 Å². The number of hydrogen-bond donors (Lipinski definition) is 1. The van der Waals surface area contributed by atoms with Gasteiger partial charge in [0, 0.05) is 47.6 Å². The molecule has 5 aromatic rings. The van der Waals surface area contributed by atoms with Crippen LogP contribution in [0.5, 0.6) is 0 Å². The van der Waals surface area contributed by atoms with E-state index in [0.29, 0.717) is 35.9 Å². The highest BCUT2D eigenvalue weighted by Crippen LogP contribution is 2.36. The molecule has 0 unspecified atom stereocenters. The summed E-state index contributed by atoms with van der Waals surface area (Å²) < 4.78 is 7.89. The second kappa shape index (κ2) is 10.4. The minimum absolute atomic E-state index is 0.0253. The molecule has 0 spiro atoms. The molecule has 1 aliphatic rings. The quantitative estimate of drug-likeness (QED) is 0.291. The largest absolute Gasteiger partial charge is 0.419 e. The number of aryl methyl sites for hydroxylation is 2. The third-order valence-corrected chi connectivity index (χ3v) is 8.29. The fraction of sp³-hybridized carbons (Fsp3) is 0.300. The van der Waals surface area contributed by atoms with E-state index in [1.807, 2.05) is 85.9 Å². The van der Waals surface area contributed by atoms with E-state index in [9.17, 15) is 4.79 Å². The molecule has 0 bridgehead atoms. The molecule has 0 saturated carbocycles. The second-order valence-electron chi connectivity index (χ2n) is 10.7. The molecule has 0 radical (unpaired) electrons. The number of rotatable bonds is 7. The van der Waals surface area contributed by atoms with E-state index in [2.05, 4.69) is 20.3 Å². The Hall–Kier alpha value is -4.15. The Kier molecular flexibility index (Phi) is 6.81. The van der Waals surface area contributed by atoms with Gasteiger partial charge in [-0.3, -0.25) is 9.48 Å². The van der Waals surface area contributed by atoms with Crippen molar-refractivity contribution in [1.82, 2.24) is 29.9 Å². The average molecular weight is 554 g/mol. The zero-order chi connectivity index (χ0) is 27.9. The van der Waals surface area contributed by atoms with Gasteiger partial charge in [0.25, 0.3) is 5.91 Å². The van der Waals surface area contributed by atoms with Gasteiger partial charge < -0.3 is 15.1 Å². The Balaban J connectivity index is 1.36. The van der Waals surface area contributed by atoms with Gasteiger partial charge in [-0.15, -0.1) is 21.5 Å². The Bertz CT molecular complexity index is 1650. The van der Waals surface area contributed by atoms with E-state index in [1.54, 1.807) is 22.2 Å². The van der Waals surface area contributed by atoms with E-state index >= 15 is 0 Å². The summed E-state index contributed by atoms with van der Waals surface area (Å²) in [5.74, 6) is 0.604. The van der Waals surface area contributed by atoms with Crippen molar-refractivity contribution in [2.24, 2.45) is 12.8 Å². The van der Waals surface area contributed by atoms with Crippen LogP contribution >= 0.6 is 11.3 Å². The molecule has 0 aliphatic carbocycles. The summed E-state index contributed by atoms with van der Waals surface area (Å²) in [6.07, 6.45) is 6.08. The van der Waals surface area contributed by atoms with Crippen molar-refractivity contribution in [2.45, 2.75) is 44.7 Å². The summed E-state index contributed by atoms with van der Waals surface area (Å²) in [5, 5.41) is 16.0. The second-order valence-corrected chi connectivity index (χ2v) is 11.6. The van der Waals surface area contributed by atoms with Crippen LogP contribution < -0.4 is 5.73 Å². The van der Waals surface area contributed by atoms with Gasteiger partial charge in [0.1, 0.15) is 5.01 Å². The highest BCUT2D eigenvalue weighted by Gasteiger charge is 2.33. The zero-order valence-corrected chi connectivity index (χ0v) is 23.6. The van der Waals surface area contributed by atoms with Crippen LogP contribution in [0.3, 0.4) is 0 Å². The molecule has 4 heterocycles. The van der Waals surface area contributed by atoms with Crippen molar-refractivity contribution in [3.63, 3.8) is 0 Å². The Labute approximate surface area is 236 Å². The lowest BCUT2D eigenvalue weighted by molar-refractivity contribution is 0.0735. The smallest absolute Gasteiger partial charge is 0.254 e. The predicted molar refractivity (Wildman–Crippen MR) is 153 cm³/mol. The molecule has 204 valence electrons. The van der Waals surface area contributed by atoms with Crippen molar-refractivity contribution in [2.75, 3.05) is 6.54 Å². The van der Waals surface area contributed by atoms with E-state index in [1.165, 1.54) is 0 Å². The lowest BCUT2D eigenvalue weighted by Crippen LogP contribution is -2.35. The molecule has 1 fully saturated rings. The first-order valence-corrected chi connectivity index (χ1v) is 14.2. The maximum Gasteiger partial charge on any atom is 0.254 e. The minimum Gasteiger partial charge on any atom is -0.419 e. The highest BCUT2D eigenvalue weighted by molar-refractivity contribution is 7.09. The minimum atomic E-state index is -0.860. The number of carbonyl (C=O) groups excluding carboxylic acids is 1. The molecule has 1 saturated heterocycles. The lowest BCUT2D eigenvalue weighted by atomic mass is 9.94. The third kappa shape index (κ3) is 5.20. The highest BCUT2D eigenvalue weighted by atomic mass is 32.1. The average Bonchev–Trinajstić information content (AvgIpc) is 3.75. The topological polar surface area (TPSA) is 116 Å². The van der Waals surface area contributed by atoms with Crippen molar-refractivity contribution >= 4 is 17.2 Å². The van der Waals surface area contributed by atoms with Gasteiger partial charge in [-0.1, -0.05) is 30.3 Å². The molecule has 1 amide bonds. The summed E-state index contributed by atoms with van der Waals surface area (Å²) in [5.41, 5.74) is 10.8. The van der Waals surface area contributed by atoms with Crippen LogP contribution in [0.1, 0.15) is 58.3 Å². The molecular formula is C30H31N7O2S. The molecule has 1 aliphatic heterocycles. The summed E-state index contributed by atoms with van der Waals surface area (Å²) in [6, 6.07) is 15.6. The van der Waals surface area contributed by atoms with Gasteiger partial charge in [-0.2, -0.15) is 5.10 Å². The van der Waals surface area contributed by atoms with Crippen LogP contribution in [0, 0.1) is 6.92 Å².